The lowest BCUT2D eigenvalue weighted by molar-refractivity contribution is -0.129. The molecule has 1 atom stereocenters. The molecule has 1 fully saturated rings. The van der Waals surface area contributed by atoms with Gasteiger partial charge in [0.25, 0.3) is 0 Å². The Hall–Kier alpha value is -2.20. The van der Waals surface area contributed by atoms with Crippen LogP contribution in [0, 0.1) is 0 Å². The number of piperidine rings is 1. The lowest BCUT2D eigenvalue weighted by atomic mass is 10.0. The molecule has 5 heteroatoms. The zero-order valence-electron chi connectivity index (χ0n) is 13.7. The topological polar surface area (TPSA) is 59.5 Å². The highest BCUT2D eigenvalue weighted by atomic mass is 35.5. The number of nitrogen functional groups attached to an aromatic ring is 1. The third kappa shape index (κ3) is 3.65. The van der Waals surface area contributed by atoms with Crippen LogP contribution in [0.3, 0.4) is 0 Å². The van der Waals surface area contributed by atoms with Gasteiger partial charge in [-0.1, -0.05) is 11.6 Å². The quantitative estimate of drug-likeness (QED) is 0.654. The highest BCUT2D eigenvalue weighted by molar-refractivity contribution is 6.33. The molecule has 1 aliphatic heterocycles. The number of likely N-dealkylation sites (tertiary alicyclic amines) is 1. The van der Waals surface area contributed by atoms with Crippen LogP contribution < -0.4 is 5.73 Å². The first-order chi connectivity index (χ1) is 11.5. The van der Waals surface area contributed by atoms with Crippen LogP contribution in [0.4, 0.5) is 5.69 Å². The normalized spacial score (nSPS) is 18.2. The van der Waals surface area contributed by atoms with Gasteiger partial charge in [-0.3, -0.25) is 4.79 Å². The van der Waals surface area contributed by atoms with E-state index >= 15 is 0 Å². The first-order valence-corrected chi connectivity index (χ1v) is 8.56. The van der Waals surface area contributed by atoms with E-state index in [-0.39, 0.29) is 5.91 Å². The van der Waals surface area contributed by atoms with Crippen molar-refractivity contribution in [3.05, 3.63) is 47.2 Å². The van der Waals surface area contributed by atoms with Crippen LogP contribution in [-0.2, 0) is 4.79 Å². The molecule has 1 amide bonds. The molecular formula is C19H21ClN2O2. The zero-order chi connectivity index (χ0) is 17.1. The van der Waals surface area contributed by atoms with Crippen molar-refractivity contribution in [1.82, 2.24) is 4.90 Å². The Labute approximate surface area is 146 Å². The molecule has 126 valence electrons. The van der Waals surface area contributed by atoms with Gasteiger partial charge in [0, 0.05) is 29.9 Å². The van der Waals surface area contributed by atoms with Gasteiger partial charge in [0.2, 0.25) is 5.91 Å². The number of hydrogen-bond acceptors (Lipinski definition) is 3. The Bertz CT molecular complexity index is 766. The minimum Gasteiger partial charge on any atom is -0.457 e. The average Bonchev–Trinajstić information content (AvgIpc) is 3.01. The number of nitrogens with two attached hydrogens (primary N) is 1. The number of carbonyl (C=O) groups excluding carboxylic acids is 1. The zero-order valence-corrected chi connectivity index (χ0v) is 14.4. The molecule has 1 aliphatic rings. The molecular weight excluding hydrogens is 324 g/mol. The summed E-state index contributed by atoms with van der Waals surface area (Å²) in [5.41, 5.74) is 7.09. The molecule has 2 aromatic rings. The maximum atomic E-state index is 12.3. The Kier molecular flexibility index (Phi) is 4.95. The Morgan fingerprint density at radius 2 is 2.17 bits per heavy atom. The summed E-state index contributed by atoms with van der Waals surface area (Å²) in [6.07, 6.45) is 6.62. The van der Waals surface area contributed by atoms with E-state index in [4.69, 9.17) is 21.8 Å². The van der Waals surface area contributed by atoms with E-state index in [9.17, 15) is 4.79 Å². The molecule has 1 aromatic heterocycles. The number of carbonyl (C=O) groups is 1. The van der Waals surface area contributed by atoms with Crippen LogP contribution in [0.25, 0.3) is 17.4 Å². The molecule has 24 heavy (non-hydrogen) atoms. The molecule has 0 spiro atoms. The van der Waals surface area contributed by atoms with Crippen LogP contribution in [0.2, 0.25) is 5.02 Å². The van der Waals surface area contributed by atoms with Crippen LogP contribution in [0.5, 0.6) is 0 Å². The van der Waals surface area contributed by atoms with Crippen molar-refractivity contribution < 1.29 is 9.21 Å². The average molecular weight is 345 g/mol. The van der Waals surface area contributed by atoms with E-state index in [1.54, 1.807) is 24.3 Å². The summed E-state index contributed by atoms with van der Waals surface area (Å²) in [5, 5.41) is 0.540. The smallest absolute Gasteiger partial charge is 0.246 e. The Morgan fingerprint density at radius 3 is 2.92 bits per heavy atom. The van der Waals surface area contributed by atoms with Gasteiger partial charge >= 0.3 is 0 Å². The van der Waals surface area contributed by atoms with Gasteiger partial charge < -0.3 is 15.1 Å². The molecule has 0 radical (unpaired) electrons. The molecule has 1 aromatic carbocycles. The van der Waals surface area contributed by atoms with Gasteiger partial charge in [-0.05, 0) is 62.6 Å². The van der Waals surface area contributed by atoms with Crippen LogP contribution in [0.1, 0.15) is 31.9 Å². The summed E-state index contributed by atoms with van der Waals surface area (Å²) in [7, 11) is 0. The van der Waals surface area contributed by atoms with Crippen LogP contribution in [-0.4, -0.2) is 23.4 Å². The van der Waals surface area contributed by atoms with Crippen molar-refractivity contribution in [2.75, 3.05) is 12.3 Å². The van der Waals surface area contributed by atoms with Gasteiger partial charge in [-0.25, -0.2) is 0 Å². The number of rotatable bonds is 3. The van der Waals surface area contributed by atoms with Crippen molar-refractivity contribution in [3.8, 4) is 11.3 Å². The molecule has 1 unspecified atom stereocenters. The highest BCUT2D eigenvalue weighted by Crippen LogP contribution is 2.31. The number of benzene rings is 1. The van der Waals surface area contributed by atoms with Crippen molar-refractivity contribution >= 4 is 29.3 Å². The van der Waals surface area contributed by atoms with E-state index < -0.39 is 0 Å². The third-order valence-corrected chi connectivity index (χ3v) is 4.67. The number of hydrogen-bond donors (Lipinski definition) is 1. The number of amides is 1. The second-order valence-corrected chi connectivity index (χ2v) is 6.56. The lowest BCUT2D eigenvalue weighted by Crippen LogP contribution is -2.41. The van der Waals surface area contributed by atoms with Crippen LogP contribution >= 0.6 is 11.6 Å². The minimum absolute atomic E-state index is 0.0330. The predicted octanol–water partition coefficient (Wildman–Crippen LogP) is 4.60. The molecule has 3 rings (SSSR count). The van der Waals surface area contributed by atoms with Gasteiger partial charge in [0.1, 0.15) is 11.5 Å². The van der Waals surface area contributed by atoms with E-state index in [1.807, 2.05) is 23.1 Å². The third-order valence-electron chi connectivity index (χ3n) is 4.36. The summed E-state index contributed by atoms with van der Waals surface area (Å²) in [4.78, 5) is 14.2. The first kappa shape index (κ1) is 16.7. The molecule has 0 aliphatic carbocycles. The molecule has 1 saturated heterocycles. The second kappa shape index (κ2) is 7.14. The SMILES string of the molecule is CC1CCCCN1C(=O)/C=C/c1ccc(-c2ccc(N)cc2Cl)o1. The largest absolute Gasteiger partial charge is 0.457 e. The number of nitrogens with zero attached hydrogens (tertiary/aromatic N) is 1. The molecule has 0 bridgehead atoms. The van der Waals surface area contributed by atoms with E-state index in [1.165, 1.54) is 6.42 Å². The Balaban J connectivity index is 1.72. The number of furan rings is 1. The fourth-order valence-electron chi connectivity index (χ4n) is 2.99. The monoisotopic (exact) mass is 344 g/mol. The maximum absolute atomic E-state index is 12.3. The fourth-order valence-corrected chi connectivity index (χ4v) is 3.28. The molecule has 4 nitrogen and oxygen atoms in total. The Morgan fingerprint density at radius 1 is 1.33 bits per heavy atom. The predicted molar refractivity (Wildman–Crippen MR) is 97.6 cm³/mol. The second-order valence-electron chi connectivity index (χ2n) is 6.15. The van der Waals surface area contributed by atoms with E-state index in [0.717, 1.165) is 24.9 Å². The minimum atomic E-state index is 0.0330. The highest BCUT2D eigenvalue weighted by Gasteiger charge is 2.21. The van der Waals surface area contributed by atoms with Crippen molar-refractivity contribution in [2.24, 2.45) is 0 Å². The van der Waals surface area contributed by atoms with Crippen molar-refractivity contribution in [2.45, 2.75) is 32.2 Å². The molecule has 2 N–H and O–H groups in total. The van der Waals surface area contributed by atoms with Crippen molar-refractivity contribution in [1.29, 1.82) is 0 Å². The summed E-state index contributed by atoms with van der Waals surface area (Å²) in [5.74, 6) is 1.31. The standard InChI is InChI=1S/C19H21ClN2O2/c1-13-4-2-3-11-22(13)19(23)10-7-15-6-9-18(24-15)16-8-5-14(21)12-17(16)20/h5-10,12-13H,2-4,11,21H2,1H3/b10-7+. The fraction of sp³-hybridized carbons (Fsp3) is 0.316. The maximum Gasteiger partial charge on any atom is 0.246 e. The van der Waals surface area contributed by atoms with Gasteiger partial charge in [-0.2, -0.15) is 0 Å². The molecule has 0 saturated carbocycles. The lowest BCUT2D eigenvalue weighted by Gasteiger charge is -2.32. The van der Waals surface area contributed by atoms with E-state index in [0.29, 0.717) is 28.3 Å². The summed E-state index contributed by atoms with van der Waals surface area (Å²) < 4.78 is 5.77. The summed E-state index contributed by atoms with van der Waals surface area (Å²) in [6, 6.07) is 9.26. The summed E-state index contributed by atoms with van der Waals surface area (Å²) in [6.45, 7) is 2.92. The number of halogens is 1. The number of anilines is 1. The molecule has 2 heterocycles. The van der Waals surface area contributed by atoms with Gasteiger partial charge in [0.05, 0.1) is 5.02 Å². The van der Waals surface area contributed by atoms with Crippen LogP contribution in [0.15, 0.2) is 40.8 Å². The van der Waals surface area contributed by atoms with Crippen molar-refractivity contribution in [3.63, 3.8) is 0 Å². The summed E-state index contributed by atoms with van der Waals surface area (Å²) >= 11 is 6.20. The van der Waals surface area contributed by atoms with E-state index in [2.05, 4.69) is 6.92 Å². The van der Waals surface area contributed by atoms with Gasteiger partial charge in [0.15, 0.2) is 0 Å². The first-order valence-electron chi connectivity index (χ1n) is 8.18. The van der Waals surface area contributed by atoms with Gasteiger partial charge in [-0.15, -0.1) is 0 Å².